The summed E-state index contributed by atoms with van der Waals surface area (Å²) in [6, 6.07) is 4.03. The zero-order valence-corrected chi connectivity index (χ0v) is 7.19. The van der Waals surface area contributed by atoms with Gasteiger partial charge in [0.1, 0.15) is 0 Å². The van der Waals surface area contributed by atoms with Crippen LogP contribution in [0.2, 0.25) is 0 Å². The number of hydrogen-bond acceptors (Lipinski definition) is 3. The first-order valence-electron chi connectivity index (χ1n) is 3.45. The molecule has 60 valence electrons. The van der Waals surface area contributed by atoms with E-state index < -0.39 is 0 Å². The molecule has 0 spiro atoms. The molecule has 0 N–H and O–H groups in total. The second-order valence-electron chi connectivity index (χ2n) is 2.17. The Morgan fingerprint density at radius 3 is 3.09 bits per heavy atom. The summed E-state index contributed by atoms with van der Waals surface area (Å²) in [6.07, 6.45) is 0.831. The topological polar surface area (TPSA) is 26.3 Å². The lowest BCUT2D eigenvalue weighted by atomic mass is 10.4. The van der Waals surface area contributed by atoms with Crippen molar-refractivity contribution in [3.63, 3.8) is 0 Å². The number of hydrogen-bond donors (Lipinski definition) is 0. The number of esters is 1. The SMILES string of the molecule is CC(=O)OCCc1cccs1. The van der Waals surface area contributed by atoms with E-state index in [4.69, 9.17) is 4.74 Å². The van der Waals surface area contributed by atoms with Crippen molar-refractivity contribution in [2.24, 2.45) is 0 Å². The van der Waals surface area contributed by atoms with Gasteiger partial charge in [0.2, 0.25) is 0 Å². The van der Waals surface area contributed by atoms with Gasteiger partial charge in [-0.05, 0) is 11.4 Å². The third-order valence-electron chi connectivity index (χ3n) is 1.23. The highest BCUT2D eigenvalue weighted by Crippen LogP contribution is 2.08. The van der Waals surface area contributed by atoms with Gasteiger partial charge in [-0.15, -0.1) is 11.3 Å². The average Bonchev–Trinajstić information content (AvgIpc) is 2.39. The fourth-order valence-corrected chi connectivity index (χ4v) is 1.44. The van der Waals surface area contributed by atoms with Crippen molar-refractivity contribution >= 4 is 17.3 Å². The van der Waals surface area contributed by atoms with Crippen LogP contribution in [0.25, 0.3) is 0 Å². The number of ether oxygens (including phenoxy) is 1. The predicted octanol–water partition coefficient (Wildman–Crippen LogP) is 1.85. The molecule has 11 heavy (non-hydrogen) atoms. The lowest BCUT2D eigenvalue weighted by molar-refractivity contribution is -0.140. The van der Waals surface area contributed by atoms with Crippen LogP contribution in [-0.2, 0) is 16.0 Å². The van der Waals surface area contributed by atoms with E-state index in [1.54, 1.807) is 11.3 Å². The van der Waals surface area contributed by atoms with Crippen molar-refractivity contribution in [2.45, 2.75) is 13.3 Å². The summed E-state index contributed by atoms with van der Waals surface area (Å²) in [5, 5.41) is 2.02. The van der Waals surface area contributed by atoms with Gasteiger partial charge in [-0.3, -0.25) is 4.79 Å². The van der Waals surface area contributed by atoms with Crippen molar-refractivity contribution in [3.8, 4) is 0 Å². The Morgan fingerprint density at radius 1 is 1.73 bits per heavy atom. The molecule has 0 aromatic carbocycles. The highest BCUT2D eigenvalue weighted by molar-refractivity contribution is 7.09. The molecule has 0 unspecified atom stereocenters. The van der Waals surface area contributed by atoms with E-state index in [0.717, 1.165) is 6.42 Å². The normalized spacial score (nSPS) is 9.55. The summed E-state index contributed by atoms with van der Waals surface area (Å²) in [5.74, 6) is -0.207. The molecule has 0 bridgehead atoms. The first kappa shape index (κ1) is 8.27. The van der Waals surface area contributed by atoms with Crippen LogP contribution in [0.15, 0.2) is 17.5 Å². The van der Waals surface area contributed by atoms with Gasteiger partial charge in [-0.25, -0.2) is 0 Å². The van der Waals surface area contributed by atoms with Gasteiger partial charge < -0.3 is 4.74 Å². The zero-order chi connectivity index (χ0) is 8.10. The standard InChI is InChI=1S/C8H10O2S/c1-7(9)10-5-4-8-3-2-6-11-8/h2-3,6H,4-5H2,1H3. The maximum absolute atomic E-state index is 10.4. The van der Waals surface area contributed by atoms with E-state index in [1.807, 2.05) is 17.5 Å². The first-order valence-corrected chi connectivity index (χ1v) is 4.33. The van der Waals surface area contributed by atoms with Crippen LogP contribution in [0, 0.1) is 0 Å². The Kier molecular flexibility index (Phi) is 3.11. The Labute approximate surface area is 69.8 Å². The number of carbonyl (C=O) groups excluding carboxylic acids is 1. The van der Waals surface area contributed by atoms with E-state index >= 15 is 0 Å². The van der Waals surface area contributed by atoms with E-state index in [-0.39, 0.29) is 5.97 Å². The predicted molar refractivity (Wildman–Crippen MR) is 44.7 cm³/mol. The molecule has 0 saturated heterocycles. The zero-order valence-electron chi connectivity index (χ0n) is 6.37. The van der Waals surface area contributed by atoms with Crippen LogP contribution in [0.1, 0.15) is 11.8 Å². The minimum atomic E-state index is -0.207. The molecular formula is C8H10O2S. The minimum Gasteiger partial charge on any atom is -0.465 e. The van der Waals surface area contributed by atoms with Crippen molar-refractivity contribution < 1.29 is 9.53 Å². The molecule has 1 rings (SSSR count). The Hall–Kier alpha value is -0.830. The van der Waals surface area contributed by atoms with Crippen LogP contribution in [-0.4, -0.2) is 12.6 Å². The smallest absolute Gasteiger partial charge is 0.302 e. The highest BCUT2D eigenvalue weighted by Gasteiger charge is 1.95. The van der Waals surface area contributed by atoms with Crippen molar-refractivity contribution in [1.29, 1.82) is 0 Å². The second kappa shape index (κ2) is 4.13. The van der Waals surface area contributed by atoms with Gasteiger partial charge in [0.15, 0.2) is 0 Å². The minimum absolute atomic E-state index is 0.207. The molecule has 0 saturated carbocycles. The molecule has 0 fully saturated rings. The van der Waals surface area contributed by atoms with Gasteiger partial charge in [-0.1, -0.05) is 6.07 Å². The summed E-state index contributed by atoms with van der Waals surface area (Å²) in [4.78, 5) is 11.6. The highest BCUT2D eigenvalue weighted by atomic mass is 32.1. The summed E-state index contributed by atoms with van der Waals surface area (Å²) in [7, 11) is 0. The molecule has 1 aromatic rings. The van der Waals surface area contributed by atoms with Gasteiger partial charge in [0, 0.05) is 18.2 Å². The van der Waals surface area contributed by atoms with Gasteiger partial charge in [0.25, 0.3) is 0 Å². The van der Waals surface area contributed by atoms with Gasteiger partial charge in [-0.2, -0.15) is 0 Å². The second-order valence-corrected chi connectivity index (χ2v) is 3.20. The molecule has 1 aromatic heterocycles. The van der Waals surface area contributed by atoms with Crippen LogP contribution < -0.4 is 0 Å². The van der Waals surface area contributed by atoms with Crippen molar-refractivity contribution in [1.82, 2.24) is 0 Å². The molecule has 0 aliphatic carbocycles. The van der Waals surface area contributed by atoms with Crippen LogP contribution in [0.4, 0.5) is 0 Å². The first-order chi connectivity index (χ1) is 5.29. The van der Waals surface area contributed by atoms with Crippen molar-refractivity contribution in [2.75, 3.05) is 6.61 Å². The molecule has 0 aliphatic heterocycles. The number of thiophene rings is 1. The third kappa shape index (κ3) is 3.18. The van der Waals surface area contributed by atoms with Crippen molar-refractivity contribution in [3.05, 3.63) is 22.4 Å². The van der Waals surface area contributed by atoms with E-state index in [9.17, 15) is 4.79 Å². The Bertz CT molecular complexity index is 216. The quantitative estimate of drug-likeness (QED) is 0.647. The Balaban J connectivity index is 2.19. The Morgan fingerprint density at radius 2 is 2.55 bits per heavy atom. The average molecular weight is 170 g/mol. The summed E-state index contributed by atoms with van der Waals surface area (Å²) in [5.41, 5.74) is 0. The number of rotatable bonds is 3. The monoisotopic (exact) mass is 170 g/mol. The molecule has 0 amide bonds. The molecule has 0 aliphatic rings. The van der Waals surface area contributed by atoms with E-state index in [0.29, 0.717) is 6.61 Å². The van der Waals surface area contributed by atoms with Crippen LogP contribution in [0.3, 0.4) is 0 Å². The lowest BCUT2D eigenvalue weighted by Crippen LogP contribution is -2.01. The molecule has 1 heterocycles. The summed E-state index contributed by atoms with van der Waals surface area (Å²) < 4.78 is 4.78. The summed E-state index contributed by atoms with van der Waals surface area (Å²) >= 11 is 1.68. The molecule has 0 atom stereocenters. The molecule has 3 heteroatoms. The van der Waals surface area contributed by atoms with Gasteiger partial charge >= 0.3 is 5.97 Å². The van der Waals surface area contributed by atoms with Gasteiger partial charge in [0.05, 0.1) is 6.61 Å². The fourth-order valence-electron chi connectivity index (χ4n) is 0.750. The van der Waals surface area contributed by atoms with E-state index in [1.165, 1.54) is 11.8 Å². The fraction of sp³-hybridized carbons (Fsp3) is 0.375. The molecule has 0 radical (unpaired) electrons. The number of carbonyl (C=O) groups is 1. The molecule has 2 nitrogen and oxygen atoms in total. The maximum atomic E-state index is 10.4. The van der Waals surface area contributed by atoms with E-state index in [2.05, 4.69) is 0 Å². The third-order valence-corrected chi connectivity index (χ3v) is 2.17. The molecular weight excluding hydrogens is 160 g/mol. The lowest BCUT2D eigenvalue weighted by Gasteiger charge is -1.97. The largest absolute Gasteiger partial charge is 0.465 e. The van der Waals surface area contributed by atoms with Crippen LogP contribution in [0.5, 0.6) is 0 Å². The van der Waals surface area contributed by atoms with Crippen LogP contribution >= 0.6 is 11.3 Å². The maximum Gasteiger partial charge on any atom is 0.302 e. The summed E-state index contributed by atoms with van der Waals surface area (Å²) in [6.45, 7) is 1.92.